The molecule has 2 heterocycles. The number of methoxy groups -OCH3 is 1. The van der Waals surface area contributed by atoms with Gasteiger partial charge in [-0.2, -0.15) is 0 Å². The Labute approximate surface area is 292 Å². The van der Waals surface area contributed by atoms with Gasteiger partial charge in [0.15, 0.2) is 33.0 Å². The van der Waals surface area contributed by atoms with Gasteiger partial charge in [0.2, 0.25) is 17.6 Å². The smallest absolute Gasteiger partial charge is 0.258 e. The number of alkyl halides is 2. The Hall–Kier alpha value is -4.01. The van der Waals surface area contributed by atoms with Crippen LogP contribution in [0.1, 0.15) is 24.3 Å². The fourth-order valence-corrected chi connectivity index (χ4v) is 8.91. The van der Waals surface area contributed by atoms with E-state index in [-0.39, 0.29) is 33.9 Å². The highest BCUT2D eigenvalue weighted by Crippen LogP contribution is 2.67. The third-order valence-electron chi connectivity index (χ3n) is 9.86. The molecule has 0 bridgehead atoms. The molecule has 7 rings (SSSR count). The van der Waals surface area contributed by atoms with E-state index in [0.717, 1.165) is 4.90 Å². The molecule has 6 unspecified atom stereocenters. The maximum absolute atomic E-state index is 15.2. The maximum Gasteiger partial charge on any atom is 0.258 e. The van der Waals surface area contributed by atoms with Crippen LogP contribution in [-0.4, -0.2) is 45.6 Å². The van der Waals surface area contributed by atoms with Crippen molar-refractivity contribution < 1.29 is 51.0 Å². The van der Waals surface area contributed by atoms with Crippen molar-refractivity contribution in [2.75, 3.05) is 16.9 Å². The summed E-state index contributed by atoms with van der Waals surface area (Å²) in [6.45, 7) is 0. The summed E-state index contributed by atoms with van der Waals surface area (Å²) >= 11 is 17.5. The standard InChI is InChI=1S/C33H20BrCl2F5N2O6/c1-49-18-4-2-3-17(44)20(18)21-14-9-10-15-19(29(46)42(28(15)45)13-7-5-12(34)6-8-13)16(14)11-32(35)30(47)43(31(48)33(21,32)36)27-25(40)23(38)22(37)24(39)26(27)41/h2-9,15-16,19,21,44H,10-11H2,1H3. The molecule has 4 amide bonds. The van der Waals surface area contributed by atoms with Crippen molar-refractivity contribution in [3.8, 4) is 11.5 Å². The van der Waals surface area contributed by atoms with Crippen LogP contribution in [0.5, 0.6) is 11.5 Å². The molecule has 2 aliphatic heterocycles. The number of ether oxygens (including phenoxy) is 1. The van der Waals surface area contributed by atoms with Crippen LogP contribution in [0.2, 0.25) is 0 Å². The summed E-state index contributed by atoms with van der Waals surface area (Å²) in [5.74, 6) is -22.5. The molecule has 2 saturated heterocycles. The normalized spacial score (nSPS) is 29.2. The van der Waals surface area contributed by atoms with E-state index in [1.807, 2.05) is 0 Å². The zero-order valence-corrected chi connectivity index (χ0v) is 27.8. The first-order valence-corrected chi connectivity index (χ1v) is 16.1. The zero-order valence-electron chi connectivity index (χ0n) is 24.7. The van der Waals surface area contributed by atoms with Crippen LogP contribution in [0, 0.1) is 46.8 Å². The average molecular weight is 786 g/mol. The zero-order chi connectivity index (χ0) is 35.5. The van der Waals surface area contributed by atoms with Gasteiger partial charge in [-0.3, -0.25) is 24.1 Å². The molecule has 0 radical (unpaired) electrons. The molecule has 2 aliphatic carbocycles. The Morgan fingerprint density at radius 3 is 2.06 bits per heavy atom. The molecule has 3 aromatic carbocycles. The largest absolute Gasteiger partial charge is 0.508 e. The molecule has 254 valence electrons. The highest BCUT2D eigenvalue weighted by atomic mass is 79.9. The third-order valence-corrected chi connectivity index (χ3v) is 11.8. The number of allylic oxidation sites excluding steroid dienone is 2. The van der Waals surface area contributed by atoms with Crippen LogP contribution in [0.4, 0.5) is 33.3 Å². The van der Waals surface area contributed by atoms with Crippen molar-refractivity contribution in [1.29, 1.82) is 0 Å². The van der Waals surface area contributed by atoms with Crippen molar-refractivity contribution in [2.24, 2.45) is 17.8 Å². The van der Waals surface area contributed by atoms with E-state index < -0.39 is 104 Å². The third kappa shape index (κ3) is 4.26. The molecule has 0 aromatic heterocycles. The van der Waals surface area contributed by atoms with Gasteiger partial charge < -0.3 is 9.84 Å². The number of phenolic OH excluding ortho intramolecular Hbond substituents is 1. The van der Waals surface area contributed by atoms with Crippen molar-refractivity contribution >= 4 is 74.1 Å². The predicted molar refractivity (Wildman–Crippen MR) is 168 cm³/mol. The molecule has 1 N–H and O–H groups in total. The lowest BCUT2D eigenvalue weighted by Gasteiger charge is -2.50. The Morgan fingerprint density at radius 2 is 1.45 bits per heavy atom. The second-order valence-electron chi connectivity index (χ2n) is 12.1. The minimum absolute atomic E-state index is 0.0632. The summed E-state index contributed by atoms with van der Waals surface area (Å²) in [7, 11) is 1.22. The van der Waals surface area contributed by atoms with Crippen LogP contribution < -0.4 is 14.5 Å². The van der Waals surface area contributed by atoms with Crippen molar-refractivity contribution in [1.82, 2.24) is 0 Å². The van der Waals surface area contributed by atoms with E-state index in [1.54, 1.807) is 12.1 Å². The SMILES string of the molecule is COc1cccc(O)c1C1C2=CCC3C(=O)N(c4ccc(Br)cc4)C(=O)C3C2CC2(Cl)C(=O)N(c3c(F)c(F)c(F)c(F)c3F)C(=O)C12Cl. The number of imide groups is 2. The van der Waals surface area contributed by atoms with Crippen LogP contribution in [-0.2, 0) is 19.2 Å². The number of nitrogens with zero attached hydrogens (tertiary/aromatic N) is 2. The summed E-state index contributed by atoms with van der Waals surface area (Å²) in [5.41, 5.74) is -1.68. The molecule has 3 aromatic rings. The quantitative estimate of drug-likeness (QED) is 0.0797. The molecule has 3 fully saturated rings. The van der Waals surface area contributed by atoms with E-state index >= 15 is 8.78 Å². The maximum atomic E-state index is 15.2. The van der Waals surface area contributed by atoms with E-state index in [2.05, 4.69) is 15.9 Å². The summed E-state index contributed by atoms with van der Waals surface area (Å²) in [6, 6.07) is 10.3. The number of benzene rings is 3. The minimum atomic E-state index is -2.80. The van der Waals surface area contributed by atoms with Crippen LogP contribution in [0.3, 0.4) is 0 Å². The number of hydrogen-bond donors (Lipinski definition) is 1. The van der Waals surface area contributed by atoms with Crippen LogP contribution >= 0.6 is 39.1 Å². The lowest BCUT2D eigenvalue weighted by atomic mass is 9.56. The van der Waals surface area contributed by atoms with Gasteiger partial charge in [0, 0.05) is 16.0 Å². The number of amides is 4. The second kappa shape index (κ2) is 11.3. The van der Waals surface area contributed by atoms with E-state index in [0.29, 0.717) is 4.47 Å². The highest BCUT2D eigenvalue weighted by molar-refractivity contribution is 9.10. The highest BCUT2D eigenvalue weighted by Gasteiger charge is 2.77. The van der Waals surface area contributed by atoms with Gasteiger partial charge in [-0.05, 0) is 55.2 Å². The monoisotopic (exact) mass is 784 g/mol. The average Bonchev–Trinajstić information content (AvgIpc) is 3.42. The first-order valence-electron chi connectivity index (χ1n) is 14.6. The van der Waals surface area contributed by atoms with E-state index in [1.165, 1.54) is 43.5 Å². The second-order valence-corrected chi connectivity index (χ2v) is 14.2. The number of rotatable bonds is 4. The van der Waals surface area contributed by atoms with Gasteiger partial charge in [-0.1, -0.05) is 33.6 Å². The number of carbonyl (C=O) groups excluding carboxylic acids is 4. The number of phenols is 1. The molecule has 16 heteroatoms. The number of halogens is 8. The number of hydrogen-bond acceptors (Lipinski definition) is 6. The van der Waals surface area contributed by atoms with E-state index in [4.69, 9.17) is 27.9 Å². The lowest BCUT2D eigenvalue weighted by molar-refractivity contribution is -0.125. The molecule has 49 heavy (non-hydrogen) atoms. The van der Waals surface area contributed by atoms with Crippen molar-refractivity contribution in [2.45, 2.75) is 28.5 Å². The Kier molecular flexibility index (Phi) is 7.69. The molecule has 6 atom stereocenters. The molecule has 4 aliphatic rings. The van der Waals surface area contributed by atoms with Gasteiger partial charge in [0.1, 0.15) is 17.2 Å². The molecule has 8 nitrogen and oxygen atoms in total. The fourth-order valence-electron chi connectivity index (χ4n) is 7.73. The number of anilines is 2. The Balaban J connectivity index is 1.46. The van der Waals surface area contributed by atoms with E-state index in [9.17, 15) is 37.5 Å². The lowest BCUT2D eigenvalue weighted by Crippen LogP contribution is -2.60. The molecular weight excluding hydrogens is 766 g/mol. The number of fused-ring (bicyclic) bond motifs is 4. The number of aromatic hydroxyl groups is 1. The van der Waals surface area contributed by atoms with Crippen molar-refractivity contribution in [3.05, 3.63) is 93.2 Å². The fraction of sp³-hybridized carbons (Fsp3) is 0.273. The van der Waals surface area contributed by atoms with Crippen LogP contribution in [0.15, 0.2) is 58.6 Å². The summed E-state index contributed by atoms with van der Waals surface area (Å²) in [4.78, 5) is 51.7. The van der Waals surface area contributed by atoms with Crippen molar-refractivity contribution in [3.63, 3.8) is 0 Å². The molecular formula is C33H20BrCl2F5N2O6. The molecule has 0 spiro atoms. The van der Waals surface area contributed by atoms with Gasteiger partial charge in [-0.15, -0.1) is 23.2 Å². The van der Waals surface area contributed by atoms with Gasteiger partial charge >= 0.3 is 0 Å². The Morgan fingerprint density at radius 1 is 0.837 bits per heavy atom. The van der Waals surface area contributed by atoms with Gasteiger partial charge in [-0.25, -0.2) is 26.9 Å². The Bertz CT molecular complexity index is 2040. The predicted octanol–water partition coefficient (Wildman–Crippen LogP) is 6.63. The summed E-state index contributed by atoms with van der Waals surface area (Å²) < 4.78 is 79.4. The molecule has 1 saturated carbocycles. The first kappa shape index (κ1) is 33.5. The van der Waals surface area contributed by atoms with Gasteiger partial charge in [0.05, 0.1) is 24.6 Å². The summed E-state index contributed by atoms with van der Waals surface area (Å²) in [5, 5.41) is 11.2. The topological polar surface area (TPSA) is 104 Å². The number of carbonyl (C=O) groups is 4. The van der Waals surface area contributed by atoms with Crippen LogP contribution in [0.25, 0.3) is 0 Å². The summed E-state index contributed by atoms with van der Waals surface area (Å²) in [6.07, 6.45) is 0.783. The minimum Gasteiger partial charge on any atom is -0.508 e. The first-order chi connectivity index (χ1) is 23.1. The van der Waals surface area contributed by atoms with Gasteiger partial charge in [0.25, 0.3) is 11.8 Å².